The van der Waals surface area contributed by atoms with E-state index in [1.54, 1.807) is 30.7 Å². The van der Waals surface area contributed by atoms with E-state index >= 15 is 0 Å². The Labute approximate surface area is 176 Å². The van der Waals surface area contributed by atoms with Crippen LogP contribution in [0.25, 0.3) is 6.08 Å². The first-order valence-corrected chi connectivity index (χ1v) is 9.94. The van der Waals surface area contributed by atoms with Crippen LogP contribution in [-0.2, 0) is 4.79 Å². The highest BCUT2D eigenvalue weighted by Gasteiger charge is 2.09. The zero-order chi connectivity index (χ0) is 19.1. The molecule has 0 atom stereocenters. The van der Waals surface area contributed by atoms with Crippen molar-refractivity contribution in [1.82, 2.24) is 16.2 Å². The first-order valence-electron chi connectivity index (χ1n) is 7.06. The molecule has 0 bridgehead atoms. The van der Waals surface area contributed by atoms with E-state index in [-0.39, 0.29) is 11.0 Å². The van der Waals surface area contributed by atoms with Gasteiger partial charge in [-0.25, -0.2) is 0 Å². The van der Waals surface area contributed by atoms with Gasteiger partial charge in [0.2, 0.25) is 5.91 Å². The lowest BCUT2D eigenvalue weighted by Crippen LogP contribution is -2.48. The number of amides is 2. The summed E-state index contributed by atoms with van der Waals surface area (Å²) in [5.74, 6) is -0.192. The van der Waals surface area contributed by atoms with E-state index in [2.05, 4.69) is 48.0 Å². The van der Waals surface area contributed by atoms with E-state index in [0.29, 0.717) is 16.2 Å². The fourth-order valence-electron chi connectivity index (χ4n) is 1.85. The van der Waals surface area contributed by atoms with Gasteiger partial charge in [0.25, 0.3) is 5.91 Å². The highest BCUT2D eigenvalue weighted by atomic mass is 79.9. The Morgan fingerprint density at radius 1 is 1.27 bits per heavy atom. The van der Waals surface area contributed by atoms with E-state index in [9.17, 15) is 9.59 Å². The van der Waals surface area contributed by atoms with Crippen LogP contribution in [0.4, 0.5) is 0 Å². The van der Waals surface area contributed by atoms with Crippen molar-refractivity contribution in [2.75, 3.05) is 7.11 Å². The third-order valence-electron chi connectivity index (χ3n) is 2.93. The van der Waals surface area contributed by atoms with Crippen molar-refractivity contribution in [1.29, 1.82) is 0 Å². The van der Waals surface area contributed by atoms with E-state index < -0.39 is 5.91 Å². The van der Waals surface area contributed by atoms with Crippen molar-refractivity contribution in [2.24, 2.45) is 0 Å². The number of hydrogen-bond acceptors (Lipinski definition) is 5. The number of ether oxygens (including phenoxy) is 1. The van der Waals surface area contributed by atoms with Crippen LogP contribution < -0.4 is 20.9 Å². The van der Waals surface area contributed by atoms with Crippen LogP contribution in [0.3, 0.4) is 0 Å². The van der Waals surface area contributed by atoms with Gasteiger partial charge in [-0.15, -0.1) is 11.3 Å². The Morgan fingerprint density at radius 3 is 2.69 bits per heavy atom. The second kappa shape index (κ2) is 9.81. The van der Waals surface area contributed by atoms with Crippen molar-refractivity contribution in [3.63, 3.8) is 0 Å². The molecular formula is C16H13Br2N3O3S2. The topological polar surface area (TPSA) is 79.5 Å². The molecule has 0 aliphatic carbocycles. The molecule has 0 saturated heterocycles. The third kappa shape index (κ3) is 5.90. The fraction of sp³-hybridized carbons (Fsp3) is 0.0625. The molecule has 0 fully saturated rings. The van der Waals surface area contributed by atoms with Crippen molar-refractivity contribution in [3.05, 3.63) is 55.1 Å². The maximum atomic E-state index is 12.0. The van der Waals surface area contributed by atoms with Crippen LogP contribution in [0.15, 0.2) is 44.7 Å². The molecule has 10 heteroatoms. The van der Waals surface area contributed by atoms with Crippen molar-refractivity contribution >= 4 is 78.4 Å². The summed E-state index contributed by atoms with van der Waals surface area (Å²) in [6.45, 7) is 0. The molecule has 26 heavy (non-hydrogen) atoms. The van der Waals surface area contributed by atoms with Crippen LogP contribution in [0, 0.1) is 0 Å². The summed E-state index contributed by atoms with van der Waals surface area (Å²) < 4.78 is 6.89. The summed E-state index contributed by atoms with van der Waals surface area (Å²) >= 11 is 13.0. The second-order valence-electron chi connectivity index (χ2n) is 4.72. The van der Waals surface area contributed by atoms with Crippen LogP contribution >= 0.6 is 55.4 Å². The number of halogens is 2. The molecule has 6 nitrogen and oxygen atoms in total. The molecule has 136 valence electrons. The molecule has 0 saturated carbocycles. The molecule has 0 spiro atoms. The maximum absolute atomic E-state index is 12.0. The number of carbonyl (C=O) groups excluding carboxylic acids is 2. The summed E-state index contributed by atoms with van der Waals surface area (Å²) in [6.07, 6.45) is 2.91. The average molecular weight is 519 g/mol. The van der Waals surface area contributed by atoms with Crippen molar-refractivity contribution in [3.8, 4) is 5.75 Å². The van der Waals surface area contributed by atoms with Gasteiger partial charge in [0, 0.05) is 16.1 Å². The predicted molar refractivity (Wildman–Crippen MR) is 113 cm³/mol. The minimum absolute atomic E-state index is 0.0213. The number of nitrogens with one attached hydrogen (secondary N) is 3. The molecule has 0 aliphatic rings. The van der Waals surface area contributed by atoms with Gasteiger partial charge < -0.3 is 4.74 Å². The van der Waals surface area contributed by atoms with E-state index in [1.807, 2.05) is 12.1 Å². The lowest BCUT2D eigenvalue weighted by atomic mass is 10.2. The summed E-state index contributed by atoms with van der Waals surface area (Å²) in [6, 6.07) is 7.09. The number of methoxy groups -OCH3 is 1. The highest BCUT2D eigenvalue weighted by molar-refractivity contribution is 9.11. The lowest BCUT2D eigenvalue weighted by Gasteiger charge is -2.09. The normalized spacial score (nSPS) is 10.4. The average Bonchev–Trinajstić information content (AvgIpc) is 3.12. The summed E-state index contributed by atoms with van der Waals surface area (Å²) in [7, 11) is 1.54. The molecule has 2 aromatic rings. The van der Waals surface area contributed by atoms with Gasteiger partial charge in [0.15, 0.2) is 5.11 Å². The zero-order valence-electron chi connectivity index (χ0n) is 13.3. The van der Waals surface area contributed by atoms with E-state index in [1.165, 1.54) is 17.4 Å². The first kappa shape index (κ1) is 20.6. The van der Waals surface area contributed by atoms with Gasteiger partial charge in [0.05, 0.1) is 16.5 Å². The molecular weight excluding hydrogens is 506 g/mol. The van der Waals surface area contributed by atoms with Gasteiger partial charge in [-0.2, -0.15) is 0 Å². The van der Waals surface area contributed by atoms with Crippen molar-refractivity contribution in [2.45, 2.75) is 0 Å². The van der Waals surface area contributed by atoms with Crippen LogP contribution in [0.5, 0.6) is 5.75 Å². The highest BCUT2D eigenvalue weighted by Crippen LogP contribution is 2.33. The summed E-state index contributed by atoms with van der Waals surface area (Å²) in [4.78, 5) is 24.3. The molecule has 1 heterocycles. The van der Waals surface area contributed by atoms with Crippen LogP contribution in [0.1, 0.15) is 15.2 Å². The molecule has 1 aromatic carbocycles. The minimum atomic E-state index is -0.453. The minimum Gasteiger partial charge on any atom is -0.495 e. The Kier molecular flexibility index (Phi) is 7.76. The predicted octanol–water partition coefficient (Wildman–Crippen LogP) is 3.63. The van der Waals surface area contributed by atoms with Gasteiger partial charge >= 0.3 is 0 Å². The lowest BCUT2D eigenvalue weighted by molar-refractivity contribution is -0.115. The Hall–Kier alpha value is -1.75. The van der Waals surface area contributed by atoms with Gasteiger partial charge in [-0.1, -0.05) is 22.0 Å². The number of rotatable bonds is 4. The molecule has 1 aromatic heterocycles. The Balaban J connectivity index is 1.91. The number of thiophene rings is 1. The summed E-state index contributed by atoms with van der Waals surface area (Å²) in [5, 5.41) is 4.20. The molecule has 2 amide bonds. The van der Waals surface area contributed by atoms with Crippen LogP contribution in [0.2, 0.25) is 0 Å². The van der Waals surface area contributed by atoms with E-state index in [0.717, 1.165) is 8.95 Å². The van der Waals surface area contributed by atoms with Crippen LogP contribution in [-0.4, -0.2) is 24.0 Å². The molecule has 0 unspecified atom stereocenters. The number of carbonyl (C=O) groups is 2. The number of hydrogen-bond donors (Lipinski definition) is 3. The third-order valence-corrected chi connectivity index (χ3v) is 5.05. The maximum Gasteiger partial charge on any atom is 0.279 e. The van der Waals surface area contributed by atoms with Gasteiger partial charge in [-0.05, 0) is 57.8 Å². The monoisotopic (exact) mass is 517 g/mol. The zero-order valence-corrected chi connectivity index (χ0v) is 18.1. The number of thiocarbonyl (C=S) groups is 1. The Bertz CT molecular complexity index is 855. The molecule has 3 N–H and O–H groups in total. The Morgan fingerprint density at radius 2 is 2.04 bits per heavy atom. The molecule has 0 radical (unpaired) electrons. The van der Waals surface area contributed by atoms with Gasteiger partial charge in [-0.3, -0.25) is 25.8 Å². The summed E-state index contributed by atoms with van der Waals surface area (Å²) in [5.41, 5.74) is 5.58. The molecule has 0 aliphatic heterocycles. The van der Waals surface area contributed by atoms with E-state index in [4.69, 9.17) is 17.0 Å². The second-order valence-corrected chi connectivity index (χ2v) is 7.84. The quantitative estimate of drug-likeness (QED) is 0.327. The largest absolute Gasteiger partial charge is 0.495 e. The molecule has 2 rings (SSSR count). The first-order chi connectivity index (χ1) is 12.4. The fourth-order valence-corrected chi connectivity index (χ4v) is 4.04. The van der Waals surface area contributed by atoms with Crippen molar-refractivity contribution < 1.29 is 14.3 Å². The SMILES string of the molecule is COc1c(Br)cc(Br)cc1C=CC(=O)NC(=S)NNC(=O)c1cccs1. The number of hydrazine groups is 1. The van der Waals surface area contributed by atoms with Gasteiger partial charge in [0.1, 0.15) is 5.75 Å². The standard InChI is InChI=1S/C16H13Br2N3O3S2/c1-24-14-9(7-10(17)8-11(14)18)4-5-13(22)19-16(25)21-20-15(23)12-3-2-6-26-12/h2-8H,1H3,(H,20,23)(H2,19,21,22,25). The number of benzene rings is 1. The smallest absolute Gasteiger partial charge is 0.279 e.